The van der Waals surface area contributed by atoms with Crippen molar-refractivity contribution in [3.8, 4) is 0 Å². The predicted molar refractivity (Wildman–Crippen MR) is 53.2 cm³/mol. The second-order valence-corrected chi connectivity index (χ2v) is 3.01. The summed E-state index contributed by atoms with van der Waals surface area (Å²) in [6.07, 6.45) is 5.04. The summed E-state index contributed by atoms with van der Waals surface area (Å²) in [6.45, 7) is 0.410. The van der Waals surface area contributed by atoms with Crippen LogP contribution in [0.4, 0.5) is 0 Å². The fourth-order valence-electron chi connectivity index (χ4n) is 1.28. The Labute approximate surface area is 85.9 Å². The van der Waals surface area contributed by atoms with Crippen molar-refractivity contribution in [2.75, 3.05) is 5.43 Å². The van der Waals surface area contributed by atoms with Crippen molar-refractivity contribution in [2.45, 2.75) is 6.54 Å². The van der Waals surface area contributed by atoms with E-state index in [1.54, 1.807) is 10.7 Å². The number of hydrogen-bond donors (Lipinski definition) is 2. The van der Waals surface area contributed by atoms with Crippen molar-refractivity contribution in [1.29, 1.82) is 0 Å². The van der Waals surface area contributed by atoms with Gasteiger partial charge in [0.1, 0.15) is 0 Å². The van der Waals surface area contributed by atoms with E-state index in [4.69, 9.17) is 9.52 Å². The molecule has 0 aromatic carbocycles. The van der Waals surface area contributed by atoms with Crippen LogP contribution in [0.5, 0.6) is 0 Å². The minimum atomic E-state index is -1.05. The van der Waals surface area contributed by atoms with Crippen molar-refractivity contribution < 1.29 is 14.3 Å². The summed E-state index contributed by atoms with van der Waals surface area (Å²) < 4.78 is 6.60. The van der Waals surface area contributed by atoms with E-state index in [1.807, 2.05) is 24.5 Å². The second kappa shape index (κ2) is 3.91. The van der Waals surface area contributed by atoms with E-state index in [1.165, 1.54) is 6.26 Å². The van der Waals surface area contributed by atoms with E-state index < -0.39 is 5.97 Å². The summed E-state index contributed by atoms with van der Waals surface area (Å²) in [5.74, 6) is -1.07. The lowest BCUT2D eigenvalue weighted by Gasteiger charge is -2.05. The molecule has 0 fully saturated rings. The SMILES string of the molecule is O=C(O)c1occc1CNn1cccc1. The average Bonchev–Trinajstić information content (AvgIpc) is 2.86. The predicted octanol–water partition coefficient (Wildman–Crippen LogP) is 1.52. The maximum atomic E-state index is 10.7. The molecular formula is C10H10N2O3. The number of carboxylic acids is 1. The summed E-state index contributed by atoms with van der Waals surface area (Å²) in [4.78, 5) is 10.7. The molecule has 0 atom stereocenters. The van der Waals surface area contributed by atoms with Gasteiger partial charge >= 0.3 is 5.97 Å². The van der Waals surface area contributed by atoms with Gasteiger partial charge in [-0.3, -0.25) is 4.68 Å². The number of aromatic nitrogens is 1. The first-order valence-electron chi connectivity index (χ1n) is 4.44. The van der Waals surface area contributed by atoms with E-state index >= 15 is 0 Å². The zero-order valence-corrected chi connectivity index (χ0v) is 7.88. The zero-order valence-electron chi connectivity index (χ0n) is 7.88. The van der Waals surface area contributed by atoms with Crippen molar-refractivity contribution in [2.24, 2.45) is 0 Å². The third kappa shape index (κ3) is 2.01. The Kier molecular flexibility index (Phi) is 2.45. The Morgan fingerprint density at radius 1 is 1.47 bits per heavy atom. The molecule has 0 saturated heterocycles. The lowest BCUT2D eigenvalue weighted by atomic mass is 10.2. The molecular weight excluding hydrogens is 196 g/mol. The van der Waals surface area contributed by atoms with Crippen LogP contribution in [0.1, 0.15) is 16.1 Å². The molecule has 2 aromatic rings. The normalized spacial score (nSPS) is 10.1. The van der Waals surface area contributed by atoms with Crippen LogP contribution in [0.25, 0.3) is 0 Å². The molecule has 0 aliphatic carbocycles. The van der Waals surface area contributed by atoms with Gasteiger partial charge in [-0.25, -0.2) is 4.79 Å². The molecule has 78 valence electrons. The Hall–Kier alpha value is -2.17. The van der Waals surface area contributed by atoms with E-state index in [9.17, 15) is 4.79 Å². The zero-order chi connectivity index (χ0) is 10.7. The third-order valence-electron chi connectivity index (χ3n) is 2.00. The molecule has 0 unspecified atom stereocenters. The summed E-state index contributed by atoms with van der Waals surface area (Å²) in [5, 5.41) is 8.78. The molecule has 0 aliphatic rings. The molecule has 0 saturated carbocycles. The molecule has 0 radical (unpaired) electrons. The molecule has 0 spiro atoms. The maximum absolute atomic E-state index is 10.7. The highest BCUT2D eigenvalue weighted by atomic mass is 16.4. The van der Waals surface area contributed by atoms with E-state index in [-0.39, 0.29) is 5.76 Å². The minimum absolute atomic E-state index is 0.0188. The highest BCUT2D eigenvalue weighted by molar-refractivity contribution is 5.86. The highest BCUT2D eigenvalue weighted by Crippen LogP contribution is 2.10. The fourth-order valence-corrected chi connectivity index (χ4v) is 1.28. The summed E-state index contributed by atoms with van der Waals surface area (Å²) >= 11 is 0. The van der Waals surface area contributed by atoms with Crippen LogP contribution < -0.4 is 5.43 Å². The van der Waals surface area contributed by atoms with Gasteiger partial charge in [-0.2, -0.15) is 0 Å². The number of carbonyl (C=O) groups is 1. The van der Waals surface area contributed by atoms with Crippen molar-refractivity contribution in [3.05, 3.63) is 48.2 Å². The molecule has 5 nitrogen and oxygen atoms in total. The highest BCUT2D eigenvalue weighted by Gasteiger charge is 2.12. The van der Waals surface area contributed by atoms with Crippen LogP contribution in [-0.2, 0) is 6.54 Å². The lowest BCUT2D eigenvalue weighted by Crippen LogP contribution is -2.13. The first-order valence-corrected chi connectivity index (χ1v) is 4.44. The monoisotopic (exact) mass is 206 g/mol. The van der Waals surface area contributed by atoms with Gasteiger partial charge in [-0.1, -0.05) is 0 Å². The summed E-state index contributed by atoms with van der Waals surface area (Å²) in [7, 11) is 0. The van der Waals surface area contributed by atoms with E-state index in [2.05, 4.69) is 5.43 Å². The van der Waals surface area contributed by atoms with Crippen molar-refractivity contribution in [1.82, 2.24) is 4.68 Å². The standard InChI is InChI=1S/C10H10N2O3/c13-10(14)9-8(3-6-15-9)7-11-12-4-1-2-5-12/h1-6,11H,7H2,(H,13,14). The Morgan fingerprint density at radius 2 is 2.20 bits per heavy atom. The van der Waals surface area contributed by atoms with Crippen LogP contribution in [0.15, 0.2) is 41.3 Å². The summed E-state index contributed by atoms with van der Waals surface area (Å²) in [6, 6.07) is 5.39. The van der Waals surface area contributed by atoms with Gasteiger partial charge in [0.15, 0.2) is 0 Å². The number of aromatic carboxylic acids is 1. The molecule has 0 amide bonds. The first kappa shape index (κ1) is 9.39. The number of carboxylic acid groups (broad SMARTS) is 1. The quantitative estimate of drug-likeness (QED) is 0.795. The molecule has 2 aromatic heterocycles. The lowest BCUT2D eigenvalue weighted by molar-refractivity contribution is 0.0661. The van der Waals surface area contributed by atoms with Crippen molar-refractivity contribution in [3.63, 3.8) is 0 Å². The molecule has 5 heteroatoms. The average molecular weight is 206 g/mol. The Balaban J connectivity index is 2.05. The van der Waals surface area contributed by atoms with Gasteiger partial charge in [0.25, 0.3) is 0 Å². The third-order valence-corrected chi connectivity index (χ3v) is 2.00. The van der Waals surface area contributed by atoms with Crippen LogP contribution >= 0.6 is 0 Å². The number of hydrogen-bond acceptors (Lipinski definition) is 3. The largest absolute Gasteiger partial charge is 0.475 e. The molecule has 0 aliphatic heterocycles. The number of furan rings is 1. The van der Waals surface area contributed by atoms with Gasteiger partial charge in [-0.15, -0.1) is 0 Å². The van der Waals surface area contributed by atoms with Crippen LogP contribution in [0.3, 0.4) is 0 Å². The fraction of sp³-hybridized carbons (Fsp3) is 0.100. The summed E-state index contributed by atoms with van der Waals surface area (Å²) in [5.41, 5.74) is 3.64. The van der Waals surface area contributed by atoms with E-state index in [0.717, 1.165) is 0 Å². The van der Waals surface area contributed by atoms with Gasteiger partial charge in [0.05, 0.1) is 12.8 Å². The molecule has 2 rings (SSSR count). The molecule has 0 bridgehead atoms. The number of nitrogens with zero attached hydrogens (tertiary/aromatic N) is 1. The number of nitrogens with one attached hydrogen (secondary N) is 1. The van der Waals surface area contributed by atoms with Gasteiger partial charge < -0.3 is 14.9 Å². The number of rotatable bonds is 4. The second-order valence-electron chi connectivity index (χ2n) is 3.01. The molecule has 15 heavy (non-hydrogen) atoms. The van der Waals surface area contributed by atoms with Crippen molar-refractivity contribution >= 4 is 5.97 Å². The first-order chi connectivity index (χ1) is 7.27. The Bertz CT molecular complexity index is 445. The van der Waals surface area contributed by atoms with Gasteiger partial charge in [0.2, 0.25) is 5.76 Å². The topological polar surface area (TPSA) is 67.4 Å². The minimum Gasteiger partial charge on any atom is -0.475 e. The smallest absolute Gasteiger partial charge is 0.372 e. The van der Waals surface area contributed by atoms with Crippen LogP contribution in [0, 0.1) is 0 Å². The maximum Gasteiger partial charge on any atom is 0.372 e. The Morgan fingerprint density at radius 3 is 2.87 bits per heavy atom. The molecule has 2 N–H and O–H groups in total. The van der Waals surface area contributed by atoms with Crippen LogP contribution in [0.2, 0.25) is 0 Å². The van der Waals surface area contributed by atoms with Crippen LogP contribution in [-0.4, -0.2) is 15.8 Å². The van der Waals surface area contributed by atoms with E-state index in [0.29, 0.717) is 12.1 Å². The van der Waals surface area contributed by atoms with Gasteiger partial charge in [-0.05, 0) is 18.2 Å². The molecule has 2 heterocycles. The van der Waals surface area contributed by atoms with Gasteiger partial charge in [0, 0.05) is 18.0 Å².